The third-order valence-corrected chi connectivity index (χ3v) is 8.62. The fourth-order valence-electron chi connectivity index (χ4n) is 5.31. The van der Waals surface area contributed by atoms with E-state index < -0.39 is 57.7 Å². The van der Waals surface area contributed by atoms with E-state index in [0.29, 0.717) is 23.3 Å². The Bertz CT molecular complexity index is 1620. The summed E-state index contributed by atoms with van der Waals surface area (Å²) in [6.45, 7) is 21.0. The molecule has 0 saturated heterocycles. The zero-order valence-corrected chi connectivity index (χ0v) is 32.4. The predicted octanol–water partition coefficient (Wildman–Crippen LogP) is 8.89. The van der Waals surface area contributed by atoms with E-state index in [0.717, 1.165) is 32.1 Å². The summed E-state index contributed by atoms with van der Waals surface area (Å²) in [5, 5.41) is 0. The molecule has 51 heavy (non-hydrogen) atoms. The highest BCUT2D eigenvalue weighted by Crippen LogP contribution is 2.46. The van der Waals surface area contributed by atoms with Crippen molar-refractivity contribution >= 4 is 23.9 Å². The van der Waals surface area contributed by atoms with Crippen LogP contribution < -0.4 is 23.7 Å². The number of ether oxygens (including phenoxy) is 6. The summed E-state index contributed by atoms with van der Waals surface area (Å²) in [6.07, 6.45) is 4.11. The van der Waals surface area contributed by atoms with Crippen LogP contribution in [-0.2, 0) is 30.3 Å². The highest BCUT2D eigenvalue weighted by Gasteiger charge is 2.39. The van der Waals surface area contributed by atoms with E-state index in [9.17, 15) is 19.2 Å². The van der Waals surface area contributed by atoms with E-state index in [2.05, 4.69) is 0 Å². The van der Waals surface area contributed by atoms with Crippen molar-refractivity contribution in [2.24, 2.45) is 21.7 Å². The number of benzene rings is 2. The molecule has 0 bridgehead atoms. The van der Waals surface area contributed by atoms with Gasteiger partial charge in [0.25, 0.3) is 0 Å². The molecule has 2 atom stereocenters. The second-order valence-corrected chi connectivity index (χ2v) is 17.8. The van der Waals surface area contributed by atoms with Crippen molar-refractivity contribution in [3.8, 4) is 28.7 Å². The lowest BCUT2D eigenvalue weighted by atomic mass is 9.91. The van der Waals surface area contributed by atoms with Crippen LogP contribution in [0, 0.1) is 21.7 Å². The van der Waals surface area contributed by atoms with Crippen molar-refractivity contribution in [1.82, 2.24) is 0 Å². The predicted molar refractivity (Wildman–Crippen MR) is 192 cm³/mol. The van der Waals surface area contributed by atoms with E-state index in [1.807, 2.05) is 0 Å². The van der Waals surface area contributed by atoms with Crippen LogP contribution >= 0.6 is 0 Å². The molecule has 0 radical (unpaired) electrons. The first-order chi connectivity index (χ1) is 23.4. The van der Waals surface area contributed by atoms with Gasteiger partial charge in [0.2, 0.25) is 0 Å². The van der Waals surface area contributed by atoms with Gasteiger partial charge in [0.1, 0.15) is 23.4 Å². The molecule has 2 aromatic carbocycles. The van der Waals surface area contributed by atoms with E-state index in [4.69, 9.17) is 28.4 Å². The lowest BCUT2D eigenvalue weighted by molar-refractivity contribution is -0.145. The van der Waals surface area contributed by atoms with Crippen molar-refractivity contribution in [1.29, 1.82) is 0 Å². The quantitative estimate of drug-likeness (QED) is 0.203. The van der Waals surface area contributed by atoms with Gasteiger partial charge >= 0.3 is 23.9 Å². The van der Waals surface area contributed by atoms with Crippen molar-refractivity contribution in [3.05, 3.63) is 41.5 Å². The van der Waals surface area contributed by atoms with E-state index in [1.54, 1.807) is 113 Å². The van der Waals surface area contributed by atoms with Crippen LogP contribution in [0.25, 0.3) is 0 Å². The molecule has 1 heterocycles. The first kappa shape index (κ1) is 39.9. The molecule has 0 spiro atoms. The highest BCUT2D eigenvalue weighted by atomic mass is 16.6. The second kappa shape index (κ2) is 15.0. The lowest BCUT2D eigenvalue weighted by Gasteiger charge is -2.38. The Morgan fingerprint density at radius 3 is 1.61 bits per heavy atom. The molecule has 1 aliphatic heterocycles. The van der Waals surface area contributed by atoms with Crippen molar-refractivity contribution < 1.29 is 47.6 Å². The summed E-state index contributed by atoms with van der Waals surface area (Å²) in [5.41, 5.74) is -2.02. The number of rotatable bonds is 7. The maximum Gasteiger partial charge on any atom is 0.316 e. The molecule has 0 aromatic heterocycles. The maximum atomic E-state index is 13.2. The largest absolute Gasteiger partial charge is 0.482 e. The van der Waals surface area contributed by atoms with Gasteiger partial charge in [-0.3, -0.25) is 19.2 Å². The van der Waals surface area contributed by atoms with Crippen LogP contribution in [0.3, 0.4) is 0 Å². The van der Waals surface area contributed by atoms with Gasteiger partial charge in [0.15, 0.2) is 17.6 Å². The average molecular weight is 709 g/mol. The fraction of sp³-hybridized carbons (Fsp3) is 0.610. The molecule has 2 aromatic rings. The van der Waals surface area contributed by atoms with Crippen LogP contribution in [0.2, 0.25) is 0 Å². The molecule has 0 unspecified atom stereocenters. The standard InChI is InChI=1S/C41H56O10/c1-38(2,3)34(42)47-26-21-29-27(30(22-26)50-36(44)40(7,8)9)23-32(46-25-16-14-13-15-17-25)33(48-29)24-18-19-28(49-35(43)39(4,5)6)31(20-24)51-37(45)41(10,11)12/h18-22,25,32-33H,13-17,23H2,1-12H3/t32-,33+/m0/s1. The van der Waals surface area contributed by atoms with Crippen molar-refractivity contribution in [2.75, 3.05) is 0 Å². The molecule has 1 fully saturated rings. The van der Waals surface area contributed by atoms with E-state index in [-0.39, 0.29) is 29.1 Å². The summed E-state index contributed by atoms with van der Waals surface area (Å²) in [5.74, 6) is -0.991. The molecule has 280 valence electrons. The Kier molecular flexibility index (Phi) is 11.7. The second-order valence-electron chi connectivity index (χ2n) is 17.8. The van der Waals surface area contributed by atoms with Gasteiger partial charge in [0, 0.05) is 24.1 Å². The van der Waals surface area contributed by atoms with Crippen molar-refractivity contribution in [3.63, 3.8) is 0 Å². The maximum absolute atomic E-state index is 13.2. The normalized spacial score (nSPS) is 18.6. The van der Waals surface area contributed by atoms with Crippen LogP contribution in [-0.4, -0.2) is 36.1 Å². The topological polar surface area (TPSA) is 124 Å². The number of carbonyl (C=O) groups is 4. The minimum absolute atomic E-state index is 0.00538. The van der Waals surface area contributed by atoms with E-state index in [1.165, 1.54) is 0 Å². The first-order valence-corrected chi connectivity index (χ1v) is 18.0. The van der Waals surface area contributed by atoms with Crippen LogP contribution in [0.4, 0.5) is 0 Å². The molecule has 4 rings (SSSR count). The molecular weight excluding hydrogens is 652 g/mol. The fourth-order valence-corrected chi connectivity index (χ4v) is 5.31. The number of fused-ring (bicyclic) bond motifs is 1. The summed E-state index contributed by atoms with van der Waals surface area (Å²) in [6, 6.07) is 8.18. The smallest absolute Gasteiger partial charge is 0.316 e. The van der Waals surface area contributed by atoms with Gasteiger partial charge < -0.3 is 28.4 Å². The van der Waals surface area contributed by atoms with Gasteiger partial charge in [0.05, 0.1) is 27.8 Å². The van der Waals surface area contributed by atoms with Gasteiger partial charge in [-0.25, -0.2) is 0 Å². The summed E-state index contributed by atoms with van der Waals surface area (Å²) < 4.78 is 36.9. The van der Waals surface area contributed by atoms with E-state index >= 15 is 0 Å². The Morgan fingerprint density at radius 2 is 1.08 bits per heavy atom. The number of hydrogen-bond acceptors (Lipinski definition) is 10. The number of hydrogen-bond donors (Lipinski definition) is 0. The Morgan fingerprint density at radius 1 is 0.588 bits per heavy atom. The average Bonchev–Trinajstić information content (AvgIpc) is 3.00. The summed E-state index contributed by atoms with van der Waals surface area (Å²) in [4.78, 5) is 52.2. The van der Waals surface area contributed by atoms with Crippen LogP contribution in [0.1, 0.15) is 132 Å². The molecule has 1 aliphatic carbocycles. The number of esters is 4. The zero-order valence-electron chi connectivity index (χ0n) is 32.4. The third kappa shape index (κ3) is 10.3. The van der Waals surface area contributed by atoms with Gasteiger partial charge in [-0.1, -0.05) is 25.3 Å². The Labute approximate surface area is 302 Å². The van der Waals surface area contributed by atoms with Crippen LogP contribution in [0.15, 0.2) is 30.3 Å². The Hall–Kier alpha value is -3.92. The number of carbonyl (C=O) groups excluding carboxylic acids is 4. The van der Waals surface area contributed by atoms with Crippen molar-refractivity contribution in [2.45, 2.75) is 140 Å². The monoisotopic (exact) mass is 708 g/mol. The summed E-state index contributed by atoms with van der Waals surface area (Å²) >= 11 is 0. The van der Waals surface area contributed by atoms with Gasteiger partial charge in [-0.05, 0) is 114 Å². The molecule has 1 saturated carbocycles. The lowest BCUT2D eigenvalue weighted by Crippen LogP contribution is -2.37. The third-order valence-electron chi connectivity index (χ3n) is 8.62. The SMILES string of the molecule is CC(C)(C)C(=O)Oc1cc(OC(=O)C(C)(C)C)c2c(c1)O[C@H](c1ccc(OC(=O)C(C)(C)C)c(OC(=O)C(C)(C)C)c1)[C@@H](OC1CCCCC1)C2. The molecule has 10 heteroatoms. The molecule has 2 aliphatic rings. The summed E-state index contributed by atoms with van der Waals surface area (Å²) in [7, 11) is 0. The first-order valence-electron chi connectivity index (χ1n) is 18.0. The Balaban J connectivity index is 1.84. The zero-order chi connectivity index (χ0) is 38.1. The molecule has 0 N–H and O–H groups in total. The minimum atomic E-state index is -0.837. The molecular formula is C41H56O10. The highest BCUT2D eigenvalue weighted by molar-refractivity contribution is 5.82. The molecule has 10 nitrogen and oxygen atoms in total. The minimum Gasteiger partial charge on any atom is -0.482 e. The van der Waals surface area contributed by atoms with Gasteiger partial charge in [-0.15, -0.1) is 0 Å². The van der Waals surface area contributed by atoms with Gasteiger partial charge in [-0.2, -0.15) is 0 Å². The molecule has 0 amide bonds. The van der Waals surface area contributed by atoms with Crippen LogP contribution in [0.5, 0.6) is 28.7 Å².